The van der Waals surface area contributed by atoms with Gasteiger partial charge in [-0.25, -0.2) is 14.4 Å². The lowest BCUT2D eigenvalue weighted by atomic mass is 10.1. The third-order valence-electron chi connectivity index (χ3n) is 9.85. The lowest BCUT2D eigenvalue weighted by Crippen LogP contribution is -2.50. The van der Waals surface area contributed by atoms with E-state index in [1.165, 1.54) is 13.5 Å². The van der Waals surface area contributed by atoms with E-state index >= 15 is 0 Å². The van der Waals surface area contributed by atoms with Gasteiger partial charge >= 0.3 is 17.5 Å². The Morgan fingerprint density at radius 2 is 1.15 bits per heavy atom. The van der Waals surface area contributed by atoms with Crippen molar-refractivity contribution < 1.29 is 28.7 Å². The third kappa shape index (κ3) is 7.94. The number of aromatic nitrogens is 6. The van der Waals surface area contributed by atoms with E-state index in [0.29, 0.717) is 43.9 Å². The van der Waals surface area contributed by atoms with Gasteiger partial charge in [0.15, 0.2) is 11.3 Å². The van der Waals surface area contributed by atoms with Crippen LogP contribution in [0.5, 0.6) is 0 Å². The number of piperazine rings is 2. The van der Waals surface area contributed by atoms with Crippen molar-refractivity contribution >= 4 is 52.4 Å². The second-order valence-electron chi connectivity index (χ2n) is 14.8. The SMILES string of the molecule is CC(C)(C)OC(=O)N1CCN(c2ccn3c(=O)n(C4CCC(=O)NC4=O)nc3c2)CC1.O=C1CCC(n2nc3cc(N4CCNCC4)ccn3c2=O)C(=O)N1. The van der Waals surface area contributed by atoms with Crippen LogP contribution < -0.4 is 37.1 Å². The molecule has 0 radical (unpaired) electrons. The molecule has 2 unspecified atom stereocenters. The molecular weight excluding hydrogens is 716 g/mol. The number of rotatable bonds is 4. The molecule has 8 heterocycles. The zero-order valence-corrected chi connectivity index (χ0v) is 30.9. The number of carbonyl (C=O) groups is 5. The summed E-state index contributed by atoms with van der Waals surface area (Å²) >= 11 is 0. The Hall–Kier alpha value is -6.05. The van der Waals surface area contributed by atoms with E-state index in [4.69, 9.17) is 4.74 Å². The molecule has 4 aromatic rings. The van der Waals surface area contributed by atoms with Crippen LogP contribution in [0.15, 0.2) is 46.2 Å². The molecule has 0 aromatic carbocycles. The van der Waals surface area contributed by atoms with Crippen molar-refractivity contribution in [3.05, 3.63) is 57.6 Å². The number of piperidine rings is 2. The fourth-order valence-corrected chi connectivity index (χ4v) is 6.99. The van der Waals surface area contributed by atoms with Gasteiger partial charge in [-0.15, -0.1) is 10.2 Å². The molecule has 55 heavy (non-hydrogen) atoms. The van der Waals surface area contributed by atoms with Crippen molar-refractivity contribution in [2.75, 3.05) is 62.2 Å². The van der Waals surface area contributed by atoms with Gasteiger partial charge in [-0.1, -0.05) is 0 Å². The number of nitrogens with zero attached hydrogens (tertiary/aromatic N) is 9. The molecular formula is C35H44N12O8. The van der Waals surface area contributed by atoms with E-state index in [1.807, 2.05) is 39.0 Å². The molecule has 4 saturated heterocycles. The van der Waals surface area contributed by atoms with Gasteiger partial charge in [0, 0.05) is 101 Å². The highest BCUT2D eigenvalue weighted by Gasteiger charge is 2.33. The second kappa shape index (κ2) is 15.0. The van der Waals surface area contributed by atoms with Crippen LogP contribution in [0.1, 0.15) is 58.5 Å². The first kappa shape index (κ1) is 37.3. The van der Waals surface area contributed by atoms with Crippen LogP contribution in [0.25, 0.3) is 11.3 Å². The van der Waals surface area contributed by atoms with Crippen LogP contribution in [0.3, 0.4) is 0 Å². The fraction of sp³-hybridized carbons (Fsp3) is 0.514. The number of amides is 5. The van der Waals surface area contributed by atoms with Crippen LogP contribution in [-0.2, 0) is 23.9 Å². The van der Waals surface area contributed by atoms with Gasteiger partial charge in [0.1, 0.15) is 17.7 Å². The smallest absolute Gasteiger partial charge is 0.410 e. The Kier molecular flexibility index (Phi) is 10.2. The molecule has 20 heteroatoms. The zero-order valence-electron chi connectivity index (χ0n) is 30.9. The van der Waals surface area contributed by atoms with E-state index in [2.05, 4.69) is 35.9 Å². The first-order valence-electron chi connectivity index (χ1n) is 18.3. The molecule has 0 saturated carbocycles. The summed E-state index contributed by atoms with van der Waals surface area (Å²) in [7, 11) is 0. The number of fused-ring (bicyclic) bond motifs is 2. The Labute approximate surface area is 314 Å². The first-order chi connectivity index (χ1) is 26.3. The number of anilines is 2. The molecule has 4 fully saturated rings. The van der Waals surface area contributed by atoms with Gasteiger partial charge < -0.3 is 24.8 Å². The van der Waals surface area contributed by atoms with Crippen LogP contribution in [0.4, 0.5) is 16.2 Å². The number of pyridine rings is 2. The van der Waals surface area contributed by atoms with Gasteiger partial charge in [-0.05, 0) is 45.7 Å². The molecule has 2 atom stereocenters. The van der Waals surface area contributed by atoms with Crippen molar-refractivity contribution in [3.63, 3.8) is 0 Å². The normalized spacial score (nSPS) is 21.0. The van der Waals surface area contributed by atoms with Crippen molar-refractivity contribution in [3.8, 4) is 0 Å². The zero-order chi connectivity index (χ0) is 39.0. The second-order valence-corrected chi connectivity index (χ2v) is 14.8. The minimum Gasteiger partial charge on any atom is -0.444 e. The molecule has 20 nitrogen and oxygen atoms in total. The summed E-state index contributed by atoms with van der Waals surface area (Å²) in [5, 5.41) is 16.5. The predicted molar refractivity (Wildman–Crippen MR) is 197 cm³/mol. The quantitative estimate of drug-likeness (QED) is 0.222. The summed E-state index contributed by atoms with van der Waals surface area (Å²) in [5.74, 6) is -1.64. The average molecular weight is 761 g/mol. The summed E-state index contributed by atoms with van der Waals surface area (Å²) in [6, 6.07) is 5.80. The number of hydrogen-bond acceptors (Lipinski definition) is 13. The summed E-state index contributed by atoms with van der Waals surface area (Å²) in [6.07, 6.45) is 3.91. The number of carbonyl (C=O) groups excluding carboxylic acids is 5. The first-order valence-corrected chi connectivity index (χ1v) is 18.3. The number of ether oxygens (including phenoxy) is 1. The van der Waals surface area contributed by atoms with Gasteiger partial charge in [-0.3, -0.25) is 38.6 Å². The summed E-state index contributed by atoms with van der Waals surface area (Å²) in [4.78, 5) is 90.3. The third-order valence-corrected chi connectivity index (χ3v) is 9.85. The maximum atomic E-state index is 12.7. The summed E-state index contributed by atoms with van der Waals surface area (Å²) in [5.41, 5.74) is 1.47. The van der Waals surface area contributed by atoms with E-state index < -0.39 is 35.2 Å². The molecule has 8 rings (SSSR count). The van der Waals surface area contributed by atoms with Crippen molar-refractivity contribution in [1.82, 2.24) is 49.2 Å². The molecule has 292 valence electrons. The lowest BCUT2D eigenvalue weighted by molar-refractivity contribution is -0.137. The highest BCUT2D eigenvalue weighted by molar-refractivity contribution is 6.00. The Balaban J connectivity index is 0.000000174. The standard InChI is InChI=1S/C20H26N6O5.C15H18N6O3/c1-20(2,3)31-19(30)24-10-8-23(9-11-24)13-6-7-25-15(12-13)22-26(18(25)29)14-4-5-16(27)21-17(14)28;22-13-2-1-11(14(23)17-13)21-15(24)20-6-3-10(9-12(20)18-21)19-7-4-16-5-8-19/h6-7,12,14H,4-5,8-11H2,1-3H3,(H,21,27,28);3,6,9,11,16H,1-2,4-5,7-8H2,(H,17,22,23). The lowest BCUT2D eigenvalue weighted by Gasteiger charge is -2.36. The van der Waals surface area contributed by atoms with Crippen LogP contribution in [0, 0.1) is 0 Å². The summed E-state index contributed by atoms with van der Waals surface area (Å²) in [6.45, 7) is 11.4. The van der Waals surface area contributed by atoms with Crippen LogP contribution in [-0.4, -0.2) is 121 Å². The Bertz CT molecular complexity index is 2270. The van der Waals surface area contributed by atoms with Crippen molar-refractivity contribution in [1.29, 1.82) is 0 Å². The topological polar surface area (TPSA) is 219 Å². The molecule has 0 spiro atoms. The van der Waals surface area contributed by atoms with E-state index in [-0.39, 0.29) is 42.9 Å². The van der Waals surface area contributed by atoms with Gasteiger partial charge in [-0.2, -0.15) is 9.36 Å². The molecule has 5 amide bonds. The maximum Gasteiger partial charge on any atom is 0.410 e. The average Bonchev–Trinajstić information content (AvgIpc) is 3.66. The molecule has 4 aliphatic heterocycles. The minimum absolute atomic E-state index is 0.171. The number of hydrogen-bond donors (Lipinski definition) is 3. The molecule has 0 bridgehead atoms. The van der Waals surface area contributed by atoms with Gasteiger partial charge in [0.05, 0.1) is 0 Å². The number of imide groups is 2. The molecule has 4 aromatic heterocycles. The molecule has 0 aliphatic carbocycles. The van der Waals surface area contributed by atoms with E-state index in [0.717, 1.165) is 42.2 Å². The van der Waals surface area contributed by atoms with Gasteiger partial charge in [0.25, 0.3) is 11.8 Å². The molecule has 4 aliphatic rings. The van der Waals surface area contributed by atoms with Gasteiger partial charge in [0.2, 0.25) is 11.8 Å². The fourth-order valence-electron chi connectivity index (χ4n) is 6.99. The van der Waals surface area contributed by atoms with Crippen LogP contribution in [0.2, 0.25) is 0 Å². The Morgan fingerprint density at radius 3 is 1.58 bits per heavy atom. The number of nitrogens with one attached hydrogen (secondary N) is 3. The largest absolute Gasteiger partial charge is 0.444 e. The highest BCUT2D eigenvalue weighted by Crippen LogP contribution is 2.22. The summed E-state index contributed by atoms with van der Waals surface area (Å²) < 4.78 is 10.6. The minimum atomic E-state index is -0.800. The predicted octanol–water partition coefficient (Wildman–Crippen LogP) is -0.586. The van der Waals surface area contributed by atoms with Crippen molar-refractivity contribution in [2.24, 2.45) is 0 Å². The van der Waals surface area contributed by atoms with E-state index in [1.54, 1.807) is 23.4 Å². The van der Waals surface area contributed by atoms with E-state index in [9.17, 15) is 33.6 Å². The molecule has 3 N–H and O–H groups in total. The monoisotopic (exact) mass is 760 g/mol. The van der Waals surface area contributed by atoms with Crippen molar-refractivity contribution in [2.45, 2.75) is 64.1 Å². The Morgan fingerprint density at radius 1 is 0.691 bits per heavy atom. The van der Waals surface area contributed by atoms with Crippen LogP contribution >= 0.6 is 0 Å². The highest BCUT2D eigenvalue weighted by atomic mass is 16.6. The maximum absolute atomic E-state index is 12.7.